The normalized spacial score (nSPS) is 19.9. The van der Waals surface area contributed by atoms with Gasteiger partial charge in [-0.15, -0.1) is 0 Å². The SMILES string of the molecule is CN(Cc1ccccc1Br)S(=O)(=O)CCC1CCCCN1. The lowest BCUT2D eigenvalue weighted by atomic mass is 10.0. The Bertz CT molecular complexity index is 557. The Morgan fingerprint density at radius 1 is 1.33 bits per heavy atom. The van der Waals surface area contributed by atoms with Crippen molar-refractivity contribution in [3.05, 3.63) is 34.3 Å². The predicted molar refractivity (Wildman–Crippen MR) is 89.7 cm³/mol. The van der Waals surface area contributed by atoms with Crippen LogP contribution in [0.15, 0.2) is 28.7 Å². The Kier molecular flexibility index (Phi) is 6.22. The van der Waals surface area contributed by atoms with Gasteiger partial charge in [-0.05, 0) is 37.4 Å². The van der Waals surface area contributed by atoms with E-state index >= 15 is 0 Å². The summed E-state index contributed by atoms with van der Waals surface area (Å²) < 4.78 is 27.1. The number of sulfonamides is 1. The van der Waals surface area contributed by atoms with Crippen molar-refractivity contribution in [2.75, 3.05) is 19.3 Å². The van der Waals surface area contributed by atoms with E-state index in [-0.39, 0.29) is 5.75 Å². The minimum absolute atomic E-state index is 0.214. The van der Waals surface area contributed by atoms with Gasteiger partial charge in [0.25, 0.3) is 0 Å². The van der Waals surface area contributed by atoms with Gasteiger partial charge in [0.2, 0.25) is 10.0 Å². The molecule has 1 aliphatic heterocycles. The van der Waals surface area contributed by atoms with Crippen LogP contribution in [-0.2, 0) is 16.6 Å². The van der Waals surface area contributed by atoms with E-state index in [2.05, 4.69) is 21.2 Å². The molecule has 4 nitrogen and oxygen atoms in total. The number of rotatable bonds is 6. The minimum atomic E-state index is -3.20. The standard InChI is InChI=1S/C15H23BrN2O2S/c1-18(12-13-6-2-3-8-15(13)16)21(19,20)11-9-14-7-4-5-10-17-14/h2-3,6,8,14,17H,4-5,7,9-12H2,1H3. The summed E-state index contributed by atoms with van der Waals surface area (Å²) in [6, 6.07) is 8.08. The number of nitrogens with one attached hydrogen (secondary N) is 1. The summed E-state index contributed by atoms with van der Waals surface area (Å²) in [5.41, 5.74) is 0.986. The first-order chi connectivity index (χ1) is 9.99. The van der Waals surface area contributed by atoms with Crippen LogP contribution < -0.4 is 5.32 Å². The van der Waals surface area contributed by atoms with Crippen LogP contribution in [0.4, 0.5) is 0 Å². The number of hydrogen-bond donors (Lipinski definition) is 1. The molecule has 1 aliphatic rings. The second kappa shape index (κ2) is 7.72. The molecule has 0 amide bonds. The highest BCUT2D eigenvalue weighted by Gasteiger charge is 2.21. The first-order valence-corrected chi connectivity index (χ1v) is 9.80. The van der Waals surface area contributed by atoms with Gasteiger partial charge in [0.05, 0.1) is 5.75 Å². The molecule has 1 atom stereocenters. The highest BCUT2D eigenvalue weighted by Crippen LogP contribution is 2.19. The summed E-state index contributed by atoms with van der Waals surface area (Å²) in [6.45, 7) is 1.42. The number of nitrogens with zero attached hydrogens (tertiary/aromatic N) is 1. The van der Waals surface area contributed by atoms with Crippen LogP contribution in [0, 0.1) is 0 Å². The van der Waals surface area contributed by atoms with Crippen molar-refractivity contribution < 1.29 is 8.42 Å². The van der Waals surface area contributed by atoms with Crippen molar-refractivity contribution in [2.24, 2.45) is 0 Å². The molecule has 0 radical (unpaired) electrons. The van der Waals surface area contributed by atoms with Crippen molar-refractivity contribution in [2.45, 2.75) is 38.3 Å². The maximum Gasteiger partial charge on any atom is 0.214 e. The van der Waals surface area contributed by atoms with Crippen molar-refractivity contribution in [3.8, 4) is 0 Å². The zero-order valence-corrected chi connectivity index (χ0v) is 14.8. The molecule has 2 rings (SSSR count). The summed E-state index contributed by atoms with van der Waals surface area (Å²) in [7, 11) is -1.55. The molecular formula is C15H23BrN2O2S. The van der Waals surface area contributed by atoms with Crippen molar-refractivity contribution in [1.82, 2.24) is 9.62 Å². The van der Waals surface area contributed by atoms with Gasteiger partial charge in [-0.3, -0.25) is 0 Å². The molecule has 1 N–H and O–H groups in total. The second-order valence-corrected chi connectivity index (χ2v) is 8.65. The van der Waals surface area contributed by atoms with Crippen molar-refractivity contribution in [3.63, 3.8) is 0 Å². The van der Waals surface area contributed by atoms with Gasteiger partial charge in [0, 0.05) is 24.1 Å². The van der Waals surface area contributed by atoms with E-state index in [0.717, 1.165) is 23.0 Å². The summed E-state index contributed by atoms with van der Waals surface area (Å²) >= 11 is 3.46. The maximum absolute atomic E-state index is 12.4. The largest absolute Gasteiger partial charge is 0.314 e. The fourth-order valence-corrected chi connectivity index (χ4v) is 4.22. The molecule has 0 aromatic heterocycles. The highest BCUT2D eigenvalue weighted by molar-refractivity contribution is 9.10. The van der Waals surface area contributed by atoms with Crippen LogP contribution in [0.2, 0.25) is 0 Å². The summed E-state index contributed by atoms with van der Waals surface area (Å²) in [6.07, 6.45) is 4.18. The van der Waals surface area contributed by atoms with E-state index in [1.807, 2.05) is 24.3 Å². The molecule has 21 heavy (non-hydrogen) atoms. The van der Waals surface area contributed by atoms with Crippen LogP contribution in [-0.4, -0.2) is 38.1 Å². The maximum atomic E-state index is 12.4. The first kappa shape index (κ1) is 16.9. The van der Waals surface area contributed by atoms with E-state index in [0.29, 0.717) is 19.0 Å². The Morgan fingerprint density at radius 2 is 2.10 bits per heavy atom. The van der Waals surface area contributed by atoms with Gasteiger partial charge in [-0.2, -0.15) is 0 Å². The number of halogens is 1. The molecule has 0 bridgehead atoms. The Labute approximate surface area is 136 Å². The third-order valence-corrected chi connectivity index (χ3v) is 6.57. The monoisotopic (exact) mass is 374 g/mol. The zero-order valence-electron chi connectivity index (χ0n) is 12.4. The van der Waals surface area contributed by atoms with Crippen LogP contribution in [0.1, 0.15) is 31.2 Å². The molecular weight excluding hydrogens is 352 g/mol. The van der Waals surface area contributed by atoms with Crippen molar-refractivity contribution in [1.29, 1.82) is 0 Å². The van der Waals surface area contributed by atoms with Gasteiger partial charge >= 0.3 is 0 Å². The minimum Gasteiger partial charge on any atom is -0.314 e. The summed E-state index contributed by atoms with van der Waals surface area (Å²) in [4.78, 5) is 0. The van der Waals surface area contributed by atoms with Crippen molar-refractivity contribution >= 4 is 26.0 Å². The van der Waals surface area contributed by atoms with E-state index in [1.54, 1.807) is 7.05 Å². The molecule has 1 unspecified atom stereocenters. The smallest absolute Gasteiger partial charge is 0.214 e. The Morgan fingerprint density at radius 3 is 2.76 bits per heavy atom. The van der Waals surface area contributed by atoms with Crippen LogP contribution in [0.3, 0.4) is 0 Å². The third-order valence-electron chi connectivity index (χ3n) is 3.96. The lowest BCUT2D eigenvalue weighted by molar-refractivity contribution is 0.388. The molecule has 1 heterocycles. The number of benzene rings is 1. The third kappa shape index (κ3) is 5.06. The molecule has 0 spiro atoms. The fourth-order valence-electron chi connectivity index (χ4n) is 2.58. The van der Waals surface area contributed by atoms with Crippen LogP contribution in [0.25, 0.3) is 0 Å². The van der Waals surface area contributed by atoms with Gasteiger partial charge in [0.1, 0.15) is 0 Å². The molecule has 118 valence electrons. The average molecular weight is 375 g/mol. The highest BCUT2D eigenvalue weighted by atomic mass is 79.9. The van der Waals surface area contributed by atoms with Gasteiger partial charge in [-0.25, -0.2) is 12.7 Å². The van der Waals surface area contributed by atoms with Crippen LogP contribution >= 0.6 is 15.9 Å². The lowest BCUT2D eigenvalue weighted by Crippen LogP contribution is -2.37. The molecule has 1 aromatic carbocycles. The summed E-state index contributed by atoms with van der Waals surface area (Å²) in [5.74, 6) is 0.214. The lowest BCUT2D eigenvalue weighted by Gasteiger charge is -2.24. The first-order valence-electron chi connectivity index (χ1n) is 7.40. The topological polar surface area (TPSA) is 49.4 Å². The molecule has 0 aliphatic carbocycles. The van der Waals surface area contributed by atoms with Gasteiger partial charge < -0.3 is 5.32 Å². The van der Waals surface area contributed by atoms with E-state index < -0.39 is 10.0 Å². The molecule has 1 aromatic rings. The Balaban J connectivity index is 1.90. The number of hydrogen-bond acceptors (Lipinski definition) is 3. The molecule has 1 saturated heterocycles. The second-order valence-electron chi connectivity index (χ2n) is 5.60. The number of piperidine rings is 1. The Hall–Kier alpha value is -0.430. The van der Waals surface area contributed by atoms with E-state index in [4.69, 9.17) is 0 Å². The molecule has 6 heteroatoms. The van der Waals surface area contributed by atoms with E-state index in [9.17, 15) is 8.42 Å². The van der Waals surface area contributed by atoms with E-state index in [1.165, 1.54) is 17.1 Å². The average Bonchev–Trinajstić information content (AvgIpc) is 2.48. The molecule has 0 saturated carbocycles. The zero-order chi connectivity index (χ0) is 15.3. The fraction of sp³-hybridized carbons (Fsp3) is 0.600. The van der Waals surface area contributed by atoms with Gasteiger partial charge in [-0.1, -0.05) is 40.5 Å². The summed E-state index contributed by atoms with van der Waals surface area (Å²) in [5, 5.41) is 3.40. The van der Waals surface area contributed by atoms with Crippen LogP contribution in [0.5, 0.6) is 0 Å². The predicted octanol–water partition coefficient (Wildman–Crippen LogP) is 2.74. The quantitative estimate of drug-likeness (QED) is 0.832. The van der Waals surface area contributed by atoms with Gasteiger partial charge in [0.15, 0.2) is 0 Å². The molecule has 1 fully saturated rings.